The van der Waals surface area contributed by atoms with Crippen LogP contribution in [0.15, 0.2) is 12.7 Å². The van der Waals surface area contributed by atoms with E-state index < -0.39 is 8.32 Å². The van der Waals surface area contributed by atoms with Gasteiger partial charge in [-0.15, -0.1) is 6.58 Å². The SMILES string of the molecule is C=CCCCC(CC(=O)N1C(=S)SCC1C(C)C)O[Si](CC)(CC)CC. The summed E-state index contributed by atoms with van der Waals surface area (Å²) in [7, 11) is -1.74. The van der Waals surface area contributed by atoms with E-state index in [-0.39, 0.29) is 18.1 Å². The van der Waals surface area contributed by atoms with Gasteiger partial charge in [0.2, 0.25) is 5.91 Å². The molecule has 0 aliphatic carbocycles. The van der Waals surface area contributed by atoms with Crippen molar-refractivity contribution in [3.63, 3.8) is 0 Å². The molecular weight excluding hydrogens is 378 g/mol. The smallest absolute Gasteiger partial charge is 0.230 e. The minimum Gasteiger partial charge on any atom is -0.413 e. The Bertz CT molecular complexity index is 472. The number of hydrogen-bond acceptors (Lipinski definition) is 4. The molecule has 1 saturated heterocycles. The Hall–Kier alpha value is -0.173. The summed E-state index contributed by atoms with van der Waals surface area (Å²) >= 11 is 7.11. The Labute approximate surface area is 171 Å². The molecular formula is C20H37NO2S2Si. The fourth-order valence-electron chi connectivity index (χ4n) is 3.55. The number of rotatable bonds is 12. The van der Waals surface area contributed by atoms with E-state index in [1.54, 1.807) is 11.8 Å². The van der Waals surface area contributed by atoms with Crippen molar-refractivity contribution in [1.82, 2.24) is 4.90 Å². The van der Waals surface area contributed by atoms with Crippen LogP contribution in [0.25, 0.3) is 0 Å². The largest absolute Gasteiger partial charge is 0.413 e. The van der Waals surface area contributed by atoms with Gasteiger partial charge in [0.05, 0.1) is 12.5 Å². The fraction of sp³-hybridized carbons (Fsp3) is 0.800. The quantitative estimate of drug-likeness (QED) is 0.169. The van der Waals surface area contributed by atoms with Crippen LogP contribution in [0.5, 0.6) is 0 Å². The van der Waals surface area contributed by atoms with E-state index in [1.165, 1.54) is 0 Å². The first-order valence-electron chi connectivity index (χ1n) is 10.1. The van der Waals surface area contributed by atoms with Gasteiger partial charge in [0, 0.05) is 11.8 Å². The average molecular weight is 416 g/mol. The number of thiocarbonyl (C=S) groups is 1. The number of nitrogens with zero attached hydrogens (tertiary/aromatic N) is 1. The van der Waals surface area contributed by atoms with Gasteiger partial charge < -0.3 is 4.43 Å². The molecule has 0 bridgehead atoms. The number of allylic oxidation sites excluding steroid dienone is 1. The van der Waals surface area contributed by atoms with Gasteiger partial charge in [-0.3, -0.25) is 9.69 Å². The zero-order valence-electron chi connectivity index (χ0n) is 17.3. The molecule has 0 saturated carbocycles. The molecule has 1 fully saturated rings. The second-order valence-electron chi connectivity index (χ2n) is 7.56. The molecule has 1 rings (SSSR count). The summed E-state index contributed by atoms with van der Waals surface area (Å²) in [6, 6.07) is 3.55. The van der Waals surface area contributed by atoms with Crippen molar-refractivity contribution in [3.05, 3.63) is 12.7 Å². The molecule has 0 radical (unpaired) electrons. The maximum atomic E-state index is 13.1. The van der Waals surface area contributed by atoms with Gasteiger partial charge in [-0.25, -0.2) is 0 Å². The molecule has 26 heavy (non-hydrogen) atoms. The molecule has 1 heterocycles. The van der Waals surface area contributed by atoms with Crippen LogP contribution in [0.3, 0.4) is 0 Å². The van der Waals surface area contributed by atoms with Crippen molar-refractivity contribution in [2.75, 3.05) is 5.75 Å². The monoisotopic (exact) mass is 415 g/mol. The molecule has 1 aliphatic rings. The Morgan fingerprint density at radius 1 is 1.38 bits per heavy atom. The Morgan fingerprint density at radius 2 is 2.00 bits per heavy atom. The molecule has 1 amide bonds. The van der Waals surface area contributed by atoms with Crippen LogP contribution in [0.1, 0.15) is 60.3 Å². The van der Waals surface area contributed by atoms with Crippen molar-refractivity contribution in [2.24, 2.45) is 5.92 Å². The fourth-order valence-corrected chi connectivity index (χ4v) is 8.13. The standard InChI is InChI=1S/C20H37NO2S2Si/c1-7-11-12-13-17(23-26(8-2,9-3)10-4)14-19(22)21-18(16(5)6)15-25-20(21)24/h7,16-18H,1,8-15H2,2-6H3. The number of amides is 1. The number of carbonyl (C=O) groups excluding carboxylic acids is 1. The second kappa shape index (κ2) is 11.6. The molecule has 2 atom stereocenters. The maximum absolute atomic E-state index is 13.1. The van der Waals surface area contributed by atoms with Crippen LogP contribution >= 0.6 is 24.0 Å². The van der Waals surface area contributed by atoms with Crippen molar-refractivity contribution in [1.29, 1.82) is 0 Å². The highest BCUT2D eigenvalue weighted by atomic mass is 32.2. The third-order valence-corrected chi connectivity index (χ3v) is 11.8. The first-order chi connectivity index (χ1) is 12.3. The molecule has 0 aromatic heterocycles. The maximum Gasteiger partial charge on any atom is 0.230 e. The van der Waals surface area contributed by atoms with E-state index in [2.05, 4.69) is 41.2 Å². The highest BCUT2D eigenvalue weighted by molar-refractivity contribution is 8.23. The van der Waals surface area contributed by atoms with Gasteiger partial charge in [-0.05, 0) is 43.3 Å². The van der Waals surface area contributed by atoms with Gasteiger partial charge >= 0.3 is 0 Å². The summed E-state index contributed by atoms with van der Waals surface area (Å²) in [5.74, 6) is 1.48. The third kappa shape index (κ3) is 6.46. The Morgan fingerprint density at radius 3 is 2.50 bits per heavy atom. The van der Waals surface area contributed by atoms with E-state index in [0.29, 0.717) is 12.3 Å². The molecule has 6 heteroatoms. The minimum atomic E-state index is -1.74. The lowest BCUT2D eigenvalue weighted by Crippen LogP contribution is -2.45. The molecule has 1 aliphatic heterocycles. The van der Waals surface area contributed by atoms with Crippen molar-refractivity contribution >= 4 is 42.5 Å². The van der Waals surface area contributed by atoms with Gasteiger partial charge in [-0.1, -0.05) is 64.7 Å². The van der Waals surface area contributed by atoms with Crippen LogP contribution in [0.2, 0.25) is 18.1 Å². The third-order valence-electron chi connectivity index (χ3n) is 5.63. The molecule has 0 aromatic rings. The summed E-state index contributed by atoms with van der Waals surface area (Å²) in [4.78, 5) is 15.0. The topological polar surface area (TPSA) is 29.5 Å². The highest BCUT2D eigenvalue weighted by Gasteiger charge is 2.38. The summed E-state index contributed by atoms with van der Waals surface area (Å²) in [6.07, 6.45) is 5.33. The van der Waals surface area contributed by atoms with Gasteiger partial charge in [0.1, 0.15) is 4.32 Å². The van der Waals surface area contributed by atoms with Gasteiger partial charge in [0.15, 0.2) is 8.32 Å². The van der Waals surface area contributed by atoms with Gasteiger partial charge in [-0.2, -0.15) is 0 Å². The lowest BCUT2D eigenvalue weighted by Gasteiger charge is -2.34. The molecule has 2 unspecified atom stereocenters. The van der Waals surface area contributed by atoms with Crippen LogP contribution in [0.4, 0.5) is 0 Å². The highest BCUT2D eigenvalue weighted by Crippen LogP contribution is 2.31. The molecule has 150 valence electrons. The summed E-state index contributed by atoms with van der Waals surface area (Å²) in [6.45, 7) is 14.9. The Kier molecular flexibility index (Phi) is 10.7. The van der Waals surface area contributed by atoms with Crippen LogP contribution in [-0.2, 0) is 9.22 Å². The predicted molar refractivity (Wildman–Crippen MR) is 121 cm³/mol. The van der Waals surface area contributed by atoms with E-state index in [0.717, 1.165) is 47.5 Å². The predicted octanol–water partition coefficient (Wildman–Crippen LogP) is 6.01. The normalized spacial score (nSPS) is 19.2. The molecule has 3 nitrogen and oxygen atoms in total. The number of unbranched alkanes of at least 4 members (excludes halogenated alkanes) is 1. The summed E-state index contributed by atoms with van der Waals surface area (Å²) in [5, 5.41) is 0. The van der Waals surface area contributed by atoms with Crippen LogP contribution < -0.4 is 0 Å². The summed E-state index contributed by atoms with van der Waals surface area (Å²) < 4.78 is 7.44. The average Bonchev–Trinajstić information content (AvgIpc) is 3.01. The number of hydrogen-bond donors (Lipinski definition) is 0. The van der Waals surface area contributed by atoms with E-state index >= 15 is 0 Å². The summed E-state index contributed by atoms with van der Waals surface area (Å²) in [5.41, 5.74) is 0. The van der Waals surface area contributed by atoms with E-state index in [1.807, 2.05) is 11.0 Å². The van der Waals surface area contributed by atoms with Gasteiger partial charge in [0.25, 0.3) is 0 Å². The zero-order chi connectivity index (χ0) is 19.7. The van der Waals surface area contributed by atoms with Crippen LogP contribution in [0, 0.1) is 5.92 Å². The lowest BCUT2D eigenvalue weighted by molar-refractivity contribution is -0.130. The van der Waals surface area contributed by atoms with Crippen LogP contribution in [-0.4, -0.2) is 41.3 Å². The first-order valence-corrected chi connectivity index (χ1v) is 14.0. The number of thioether (sulfide) groups is 1. The first kappa shape index (κ1) is 23.9. The van der Waals surface area contributed by atoms with Crippen molar-refractivity contribution in [3.8, 4) is 0 Å². The lowest BCUT2D eigenvalue weighted by atomic mass is 10.0. The Balaban J connectivity index is 2.87. The molecule has 0 aromatic carbocycles. The van der Waals surface area contributed by atoms with E-state index in [9.17, 15) is 4.79 Å². The number of carbonyl (C=O) groups is 1. The zero-order valence-corrected chi connectivity index (χ0v) is 19.9. The molecule has 0 spiro atoms. The second-order valence-corrected chi connectivity index (χ2v) is 13.9. The van der Waals surface area contributed by atoms with E-state index in [4.69, 9.17) is 16.6 Å². The molecule has 0 N–H and O–H groups in total. The van der Waals surface area contributed by atoms with Crippen molar-refractivity contribution < 1.29 is 9.22 Å². The van der Waals surface area contributed by atoms with Crippen molar-refractivity contribution in [2.45, 2.75) is 90.6 Å². The minimum absolute atomic E-state index is 0.00942.